The molecule has 2 heterocycles. The molecule has 2 amide bonds. The molecule has 136 valence electrons. The number of nitrogens with zero attached hydrogens (tertiary/aromatic N) is 2. The fourth-order valence-corrected chi connectivity index (χ4v) is 3.97. The lowest BCUT2D eigenvalue weighted by Gasteiger charge is -2.23. The number of rotatable bonds is 3. The van der Waals surface area contributed by atoms with Crippen molar-refractivity contribution < 1.29 is 9.59 Å². The number of hydrogen-bond acceptors (Lipinski definition) is 3. The first-order chi connectivity index (χ1) is 12.5. The molecule has 2 N–H and O–H groups in total. The van der Waals surface area contributed by atoms with Crippen molar-refractivity contribution in [1.29, 1.82) is 0 Å². The molecule has 4 rings (SSSR count). The van der Waals surface area contributed by atoms with E-state index in [0.29, 0.717) is 24.4 Å². The molecule has 1 aliphatic heterocycles. The Labute approximate surface area is 156 Å². The van der Waals surface area contributed by atoms with Gasteiger partial charge in [0.05, 0.1) is 11.7 Å². The van der Waals surface area contributed by atoms with Gasteiger partial charge in [-0.05, 0) is 44.0 Å². The molecule has 2 aromatic rings. The first-order valence-electron chi connectivity index (χ1n) is 8.90. The first-order valence-corrected chi connectivity index (χ1v) is 9.28. The highest BCUT2D eigenvalue weighted by Gasteiger charge is 2.34. The molecular weight excluding hydrogens is 352 g/mol. The molecule has 1 saturated heterocycles. The number of aryl methyl sites for hydroxylation is 2. The lowest BCUT2D eigenvalue weighted by Crippen LogP contribution is -2.42. The van der Waals surface area contributed by atoms with Gasteiger partial charge in [0.15, 0.2) is 0 Å². The van der Waals surface area contributed by atoms with E-state index >= 15 is 0 Å². The molecule has 1 aromatic carbocycles. The molecule has 0 radical (unpaired) electrons. The average molecular weight is 373 g/mol. The van der Waals surface area contributed by atoms with E-state index in [1.807, 2.05) is 19.1 Å². The summed E-state index contributed by atoms with van der Waals surface area (Å²) in [5.74, 6) is 0.879. The van der Waals surface area contributed by atoms with Crippen molar-refractivity contribution in [3.8, 4) is 0 Å². The zero-order valence-corrected chi connectivity index (χ0v) is 15.3. The summed E-state index contributed by atoms with van der Waals surface area (Å²) in [7, 11) is 0. The molecule has 2 atom stereocenters. The van der Waals surface area contributed by atoms with Crippen LogP contribution < -0.4 is 10.2 Å². The van der Waals surface area contributed by atoms with Gasteiger partial charge in [-0.2, -0.15) is 0 Å². The summed E-state index contributed by atoms with van der Waals surface area (Å²) < 4.78 is 0. The van der Waals surface area contributed by atoms with Gasteiger partial charge in [-0.25, -0.2) is 4.98 Å². The normalized spacial score (nSPS) is 22.4. The summed E-state index contributed by atoms with van der Waals surface area (Å²) in [4.78, 5) is 34.4. The fraction of sp³-hybridized carbons (Fsp3) is 0.421. The molecule has 0 spiro atoms. The Morgan fingerprint density at radius 1 is 1.31 bits per heavy atom. The molecule has 26 heavy (non-hydrogen) atoms. The number of imidazole rings is 1. The second-order valence-electron chi connectivity index (χ2n) is 7.08. The topological polar surface area (TPSA) is 78.1 Å². The predicted octanol–water partition coefficient (Wildman–Crippen LogP) is 2.40. The zero-order chi connectivity index (χ0) is 18.3. The molecule has 1 aromatic heterocycles. The number of nitrogens with one attached hydrogen (secondary N) is 2. The maximum atomic E-state index is 12.7. The van der Waals surface area contributed by atoms with Crippen molar-refractivity contribution >= 4 is 29.1 Å². The summed E-state index contributed by atoms with van der Waals surface area (Å²) in [6.45, 7) is 2.43. The van der Waals surface area contributed by atoms with E-state index < -0.39 is 0 Å². The lowest BCUT2D eigenvalue weighted by molar-refractivity contribution is -0.126. The van der Waals surface area contributed by atoms with Crippen LogP contribution in [-0.2, 0) is 22.4 Å². The van der Waals surface area contributed by atoms with Crippen LogP contribution in [-0.4, -0.2) is 34.4 Å². The minimum absolute atomic E-state index is 0.0211. The zero-order valence-electron chi connectivity index (χ0n) is 14.6. The SMILES string of the molecule is Cc1nc2c([nH]1)C[C@@H](C(=O)N[C@H]1CC(=O)N(c3ccc(Cl)cc3)C1)CC2. The second kappa shape index (κ2) is 6.76. The molecule has 7 heteroatoms. The van der Waals surface area contributed by atoms with Gasteiger partial charge < -0.3 is 15.2 Å². The fourth-order valence-electron chi connectivity index (χ4n) is 3.84. The third kappa shape index (κ3) is 3.33. The number of amides is 2. The molecule has 2 aliphatic rings. The quantitative estimate of drug-likeness (QED) is 0.868. The second-order valence-corrected chi connectivity index (χ2v) is 7.51. The molecule has 1 fully saturated rings. The Balaban J connectivity index is 1.38. The van der Waals surface area contributed by atoms with E-state index in [-0.39, 0.29) is 23.8 Å². The van der Waals surface area contributed by atoms with Crippen LogP contribution in [0.15, 0.2) is 24.3 Å². The van der Waals surface area contributed by atoms with E-state index in [2.05, 4.69) is 15.3 Å². The van der Waals surface area contributed by atoms with Crippen LogP contribution in [0.1, 0.15) is 30.1 Å². The number of benzene rings is 1. The molecule has 0 unspecified atom stereocenters. The number of fused-ring (bicyclic) bond motifs is 1. The number of carbonyl (C=O) groups excluding carboxylic acids is 2. The van der Waals surface area contributed by atoms with Crippen LogP contribution >= 0.6 is 11.6 Å². The number of aromatic amines is 1. The number of hydrogen-bond donors (Lipinski definition) is 2. The molecule has 0 bridgehead atoms. The number of halogens is 1. The van der Waals surface area contributed by atoms with E-state index in [1.165, 1.54) is 0 Å². The Kier molecular flexibility index (Phi) is 4.44. The summed E-state index contributed by atoms with van der Waals surface area (Å²) >= 11 is 5.91. The van der Waals surface area contributed by atoms with Crippen molar-refractivity contribution in [2.24, 2.45) is 5.92 Å². The minimum atomic E-state index is -0.157. The van der Waals surface area contributed by atoms with Crippen LogP contribution in [0.2, 0.25) is 5.02 Å². The van der Waals surface area contributed by atoms with E-state index in [1.54, 1.807) is 17.0 Å². The monoisotopic (exact) mass is 372 g/mol. The van der Waals surface area contributed by atoms with Gasteiger partial charge in [-0.15, -0.1) is 0 Å². The van der Waals surface area contributed by atoms with Gasteiger partial charge in [0.25, 0.3) is 0 Å². The molecular formula is C19H21ClN4O2. The number of carbonyl (C=O) groups is 2. The molecule has 1 aliphatic carbocycles. The van der Waals surface area contributed by atoms with Crippen LogP contribution in [0.3, 0.4) is 0 Å². The lowest BCUT2D eigenvalue weighted by atomic mass is 9.89. The maximum Gasteiger partial charge on any atom is 0.229 e. The largest absolute Gasteiger partial charge is 0.351 e. The minimum Gasteiger partial charge on any atom is -0.351 e. The van der Waals surface area contributed by atoms with E-state index in [4.69, 9.17) is 11.6 Å². The summed E-state index contributed by atoms with van der Waals surface area (Å²) in [5.41, 5.74) is 2.96. The standard InChI is InChI=1S/C19H21ClN4O2/c1-11-21-16-7-2-12(8-17(16)22-11)19(26)23-14-9-18(25)24(10-14)15-5-3-13(20)4-6-15/h3-6,12,14H,2,7-10H2,1H3,(H,21,22)(H,23,26)/t12-,14-/m0/s1. The summed E-state index contributed by atoms with van der Waals surface area (Å²) in [5, 5.41) is 3.70. The highest BCUT2D eigenvalue weighted by Crippen LogP contribution is 2.26. The van der Waals surface area contributed by atoms with Gasteiger partial charge in [0.1, 0.15) is 5.82 Å². The van der Waals surface area contributed by atoms with Crippen LogP contribution in [0.5, 0.6) is 0 Å². The Hall–Kier alpha value is -2.34. The van der Waals surface area contributed by atoms with Gasteiger partial charge in [0.2, 0.25) is 11.8 Å². The maximum absolute atomic E-state index is 12.7. The highest BCUT2D eigenvalue weighted by atomic mass is 35.5. The van der Waals surface area contributed by atoms with E-state index in [0.717, 1.165) is 35.7 Å². The number of H-pyrrole nitrogens is 1. The molecule has 0 saturated carbocycles. The van der Waals surface area contributed by atoms with Crippen molar-refractivity contribution in [3.05, 3.63) is 46.5 Å². The number of aromatic nitrogens is 2. The van der Waals surface area contributed by atoms with Crippen LogP contribution in [0, 0.1) is 12.8 Å². The Bertz CT molecular complexity index is 846. The Morgan fingerprint density at radius 2 is 2.08 bits per heavy atom. The van der Waals surface area contributed by atoms with Crippen molar-refractivity contribution in [3.63, 3.8) is 0 Å². The van der Waals surface area contributed by atoms with Crippen molar-refractivity contribution in [1.82, 2.24) is 15.3 Å². The van der Waals surface area contributed by atoms with E-state index in [9.17, 15) is 9.59 Å². The summed E-state index contributed by atoms with van der Waals surface area (Å²) in [6, 6.07) is 7.03. The van der Waals surface area contributed by atoms with Crippen molar-refractivity contribution in [2.45, 2.75) is 38.6 Å². The van der Waals surface area contributed by atoms with Gasteiger partial charge in [-0.3, -0.25) is 9.59 Å². The smallest absolute Gasteiger partial charge is 0.229 e. The van der Waals surface area contributed by atoms with Gasteiger partial charge >= 0.3 is 0 Å². The summed E-state index contributed by atoms with van der Waals surface area (Å²) in [6.07, 6.45) is 2.63. The number of anilines is 1. The first kappa shape index (κ1) is 17.1. The van der Waals surface area contributed by atoms with Gasteiger partial charge in [0, 0.05) is 41.7 Å². The van der Waals surface area contributed by atoms with Crippen LogP contribution in [0.4, 0.5) is 5.69 Å². The van der Waals surface area contributed by atoms with Gasteiger partial charge in [-0.1, -0.05) is 11.6 Å². The third-order valence-electron chi connectivity index (χ3n) is 5.14. The van der Waals surface area contributed by atoms with Crippen molar-refractivity contribution in [2.75, 3.05) is 11.4 Å². The highest BCUT2D eigenvalue weighted by molar-refractivity contribution is 6.30. The Morgan fingerprint density at radius 3 is 2.85 bits per heavy atom. The predicted molar refractivity (Wildman–Crippen MR) is 99.2 cm³/mol. The van der Waals surface area contributed by atoms with Crippen LogP contribution in [0.25, 0.3) is 0 Å². The average Bonchev–Trinajstić information content (AvgIpc) is 3.16. The molecule has 6 nitrogen and oxygen atoms in total. The third-order valence-corrected chi connectivity index (χ3v) is 5.40.